The minimum absolute atomic E-state index is 0.107. The van der Waals surface area contributed by atoms with Crippen molar-refractivity contribution < 1.29 is 37.0 Å². The SMILES string of the molecule is COc1cc2ccnc(OC3CC4C(=O)NC5(C(=O)NS(=O)(=O)C6CC6)CC5C=CCCC(C)CC(C)CC(=O)N4C3)c2cc1OC. The van der Waals surface area contributed by atoms with Crippen molar-refractivity contribution in [2.24, 2.45) is 17.8 Å². The summed E-state index contributed by atoms with van der Waals surface area (Å²) in [6, 6.07) is 4.53. The first-order valence-corrected chi connectivity index (χ1v) is 18.0. The number of benzene rings is 1. The topological polar surface area (TPSA) is 153 Å². The van der Waals surface area contributed by atoms with E-state index in [0.29, 0.717) is 41.5 Å². The molecule has 6 atom stereocenters. The highest BCUT2D eigenvalue weighted by Crippen LogP contribution is 2.46. The first-order valence-electron chi connectivity index (χ1n) is 16.5. The second-order valence-corrected chi connectivity index (χ2v) is 15.6. The first kappa shape index (κ1) is 33.0. The molecule has 1 aromatic heterocycles. The van der Waals surface area contributed by atoms with Gasteiger partial charge in [0.15, 0.2) is 11.5 Å². The molecule has 3 amide bonds. The molecule has 2 N–H and O–H groups in total. The number of methoxy groups -OCH3 is 2. The highest BCUT2D eigenvalue weighted by atomic mass is 32.2. The Kier molecular flexibility index (Phi) is 9.12. The third-order valence-corrected chi connectivity index (χ3v) is 11.7. The summed E-state index contributed by atoms with van der Waals surface area (Å²) >= 11 is 0. The van der Waals surface area contributed by atoms with Crippen molar-refractivity contribution in [2.45, 2.75) is 88.1 Å². The number of hydrogen-bond donors (Lipinski definition) is 2. The van der Waals surface area contributed by atoms with E-state index in [0.717, 1.165) is 24.6 Å². The highest BCUT2D eigenvalue weighted by molar-refractivity contribution is 7.91. The second-order valence-electron chi connectivity index (χ2n) is 13.7. The molecule has 6 rings (SSSR count). The number of allylic oxidation sites excluding steroid dienone is 1. The molecular weight excluding hydrogens is 624 g/mol. The fraction of sp³-hybridized carbons (Fsp3) is 0.588. The summed E-state index contributed by atoms with van der Waals surface area (Å²) in [5.74, 6) is 0.130. The maximum absolute atomic E-state index is 14.1. The summed E-state index contributed by atoms with van der Waals surface area (Å²) in [5, 5.41) is 3.84. The molecule has 47 heavy (non-hydrogen) atoms. The number of amides is 3. The average Bonchev–Trinajstić information content (AvgIpc) is 3.95. The normalized spacial score (nSPS) is 30.0. The van der Waals surface area contributed by atoms with Gasteiger partial charge in [0.05, 0.1) is 26.0 Å². The molecule has 0 radical (unpaired) electrons. The summed E-state index contributed by atoms with van der Waals surface area (Å²) < 4.78 is 45.0. The van der Waals surface area contributed by atoms with E-state index < -0.39 is 44.8 Å². The summed E-state index contributed by atoms with van der Waals surface area (Å²) in [5.41, 5.74) is -1.41. The fourth-order valence-corrected chi connectivity index (χ4v) is 8.41. The van der Waals surface area contributed by atoms with E-state index in [1.165, 1.54) is 0 Å². The minimum Gasteiger partial charge on any atom is -0.493 e. The number of pyridine rings is 1. The lowest BCUT2D eigenvalue weighted by Gasteiger charge is -2.27. The van der Waals surface area contributed by atoms with Crippen molar-refractivity contribution in [1.29, 1.82) is 0 Å². The predicted molar refractivity (Wildman–Crippen MR) is 174 cm³/mol. The molecule has 2 aliphatic carbocycles. The Morgan fingerprint density at radius 3 is 2.53 bits per heavy atom. The fourth-order valence-electron chi connectivity index (χ4n) is 7.04. The van der Waals surface area contributed by atoms with Gasteiger partial charge in [-0.3, -0.25) is 19.1 Å². The van der Waals surface area contributed by atoms with Gasteiger partial charge in [-0.2, -0.15) is 0 Å². The van der Waals surface area contributed by atoms with Gasteiger partial charge in [0.25, 0.3) is 5.91 Å². The Labute approximate surface area is 275 Å². The van der Waals surface area contributed by atoms with Gasteiger partial charge in [-0.25, -0.2) is 13.4 Å². The summed E-state index contributed by atoms with van der Waals surface area (Å²) in [4.78, 5) is 47.5. The molecule has 13 heteroatoms. The number of carbonyl (C=O) groups is 3. The van der Waals surface area contributed by atoms with Gasteiger partial charge in [0, 0.05) is 30.3 Å². The van der Waals surface area contributed by atoms with Crippen LogP contribution in [0.15, 0.2) is 36.5 Å². The molecule has 0 spiro atoms. The smallest absolute Gasteiger partial charge is 0.259 e. The molecule has 4 aliphatic rings. The Morgan fingerprint density at radius 2 is 1.81 bits per heavy atom. The van der Waals surface area contributed by atoms with E-state index in [9.17, 15) is 22.8 Å². The lowest BCUT2D eigenvalue weighted by molar-refractivity contribution is -0.140. The number of fused-ring (bicyclic) bond motifs is 3. The molecule has 2 aliphatic heterocycles. The van der Waals surface area contributed by atoms with Crippen LogP contribution in [-0.2, 0) is 24.4 Å². The van der Waals surface area contributed by atoms with Crippen molar-refractivity contribution in [3.8, 4) is 17.4 Å². The van der Waals surface area contributed by atoms with Crippen molar-refractivity contribution >= 4 is 38.5 Å². The number of carbonyl (C=O) groups excluding carboxylic acids is 3. The Bertz CT molecular complexity index is 1690. The Morgan fingerprint density at radius 1 is 1.06 bits per heavy atom. The largest absolute Gasteiger partial charge is 0.493 e. The zero-order valence-corrected chi connectivity index (χ0v) is 28.2. The lowest BCUT2D eigenvalue weighted by atomic mass is 9.91. The molecule has 0 bridgehead atoms. The van der Waals surface area contributed by atoms with Crippen molar-refractivity contribution in [2.75, 3.05) is 20.8 Å². The van der Waals surface area contributed by atoms with E-state index >= 15 is 0 Å². The number of ether oxygens (including phenoxy) is 3. The van der Waals surface area contributed by atoms with Crippen molar-refractivity contribution in [3.63, 3.8) is 0 Å². The van der Waals surface area contributed by atoms with E-state index in [4.69, 9.17) is 14.2 Å². The lowest BCUT2D eigenvalue weighted by Crippen LogP contribution is -2.56. The van der Waals surface area contributed by atoms with Crippen LogP contribution < -0.4 is 24.2 Å². The van der Waals surface area contributed by atoms with Crippen LogP contribution in [0.4, 0.5) is 0 Å². The summed E-state index contributed by atoms with van der Waals surface area (Å²) in [6.07, 6.45) is 9.30. The van der Waals surface area contributed by atoms with Gasteiger partial charge in [-0.1, -0.05) is 26.0 Å². The van der Waals surface area contributed by atoms with Crippen LogP contribution in [0.25, 0.3) is 10.8 Å². The van der Waals surface area contributed by atoms with E-state index in [1.807, 2.05) is 24.3 Å². The van der Waals surface area contributed by atoms with E-state index in [1.54, 1.807) is 31.4 Å². The zero-order valence-electron chi connectivity index (χ0n) is 27.4. The van der Waals surface area contributed by atoms with Crippen LogP contribution >= 0.6 is 0 Å². The predicted octanol–water partition coefficient (Wildman–Crippen LogP) is 3.49. The van der Waals surface area contributed by atoms with Crippen LogP contribution in [0.3, 0.4) is 0 Å². The van der Waals surface area contributed by atoms with E-state index in [-0.39, 0.29) is 43.6 Å². The summed E-state index contributed by atoms with van der Waals surface area (Å²) in [6.45, 7) is 4.38. The molecule has 1 saturated heterocycles. The van der Waals surface area contributed by atoms with Gasteiger partial charge in [0.2, 0.25) is 27.7 Å². The molecule has 1 aromatic carbocycles. The van der Waals surface area contributed by atoms with E-state index in [2.05, 4.69) is 28.9 Å². The van der Waals surface area contributed by atoms with Crippen molar-refractivity contribution in [1.82, 2.24) is 19.9 Å². The molecule has 6 unspecified atom stereocenters. The maximum atomic E-state index is 14.1. The minimum atomic E-state index is -3.82. The first-order chi connectivity index (χ1) is 22.4. The van der Waals surface area contributed by atoms with Crippen LogP contribution in [0.5, 0.6) is 17.4 Å². The van der Waals surface area contributed by atoms with Crippen LogP contribution in [0, 0.1) is 17.8 Å². The van der Waals surface area contributed by atoms with Crippen LogP contribution in [0.1, 0.15) is 65.2 Å². The standard InChI is InChI=1S/C34H44N4O8S/c1-20-7-5-6-8-23-18-34(23,33(41)37-47(42,43)25-9-10-25)36-31(40)27-16-24(19-38(27)30(39)14-21(2)13-20)46-32-26-17-29(45-4)28(44-3)15-22(26)11-12-35-32/h6,8,11-12,15,17,20-21,23-25,27H,5,7,9-10,13-14,16,18-19H2,1-4H3,(H,36,40)(H,37,41). The second kappa shape index (κ2) is 13.0. The number of nitrogens with zero attached hydrogens (tertiary/aromatic N) is 2. The Balaban J connectivity index is 1.28. The van der Waals surface area contributed by atoms with Gasteiger partial charge in [-0.15, -0.1) is 0 Å². The number of aromatic nitrogens is 1. The van der Waals surface area contributed by atoms with Crippen LogP contribution in [0.2, 0.25) is 0 Å². The number of rotatable bonds is 7. The molecule has 12 nitrogen and oxygen atoms in total. The Hall–Kier alpha value is -3.87. The molecular formula is C34H44N4O8S. The summed E-state index contributed by atoms with van der Waals surface area (Å²) in [7, 11) is -0.719. The molecule has 254 valence electrons. The van der Waals surface area contributed by atoms with Gasteiger partial charge in [0.1, 0.15) is 17.7 Å². The van der Waals surface area contributed by atoms with Gasteiger partial charge >= 0.3 is 0 Å². The molecule has 3 fully saturated rings. The molecule has 3 heterocycles. The molecule has 2 aromatic rings. The number of nitrogens with one attached hydrogen (secondary N) is 2. The zero-order chi connectivity index (χ0) is 33.5. The number of hydrogen-bond acceptors (Lipinski definition) is 9. The third kappa shape index (κ3) is 6.90. The third-order valence-electron chi connectivity index (χ3n) is 9.88. The van der Waals surface area contributed by atoms with Gasteiger partial charge in [-0.05, 0) is 73.9 Å². The number of sulfonamides is 1. The highest BCUT2D eigenvalue weighted by Gasteiger charge is 2.62. The van der Waals surface area contributed by atoms with Crippen LogP contribution in [-0.4, -0.2) is 79.7 Å². The van der Waals surface area contributed by atoms with Gasteiger partial charge < -0.3 is 24.4 Å². The molecule has 2 saturated carbocycles. The average molecular weight is 669 g/mol. The quantitative estimate of drug-likeness (QED) is 0.422. The van der Waals surface area contributed by atoms with Crippen molar-refractivity contribution in [3.05, 3.63) is 36.5 Å². The monoisotopic (exact) mass is 668 g/mol. The maximum Gasteiger partial charge on any atom is 0.259 e.